The van der Waals surface area contributed by atoms with Crippen LogP contribution in [0.1, 0.15) is 25.0 Å². The van der Waals surface area contributed by atoms with Gasteiger partial charge >= 0.3 is 0 Å². The summed E-state index contributed by atoms with van der Waals surface area (Å²) in [5.41, 5.74) is 2.08. The molecule has 0 N–H and O–H groups in total. The molecular formula is C32H34FNO4. The van der Waals surface area contributed by atoms with Gasteiger partial charge in [0.25, 0.3) is 0 Å². The Morgan fingerprint density at radius 2 is 1.76 bits per heavy atom. The van der Waals surface area contributed by atoms with Crippen LogP contribution in [0.3, 0.4) is 0 Å². The average Bonchev–Trinajstić information content (AvgIpc) is 2.97. The van der Waals surface area contributed by atoms with Crippen LogP contribution in [-0.2, 0) is 15.1 Å². The predicted molar refractivity (Wildman–Crippen MR) is 150 cm³/mol. The largest absolute Gasteiger partial charge is 0.497 e. The summed E-state index contributed by atoms with van der Waals surface area (Å²) in [6.07, 6.45) is 7.35. The lowest BCUT2D eigenvalue weighted by molar-refractivity contribution is 0.0770. The third-order valence-corrected chi connectivity index (χ3v) is 7.49. The number of hydrogen-bond acceptors (Lipinski definition) is 5. The number of morpholine rings is 1. The van der Waals surface area contributed by atoms with E-state index in [0.717, 1.165) is 46.8 Å². The van der Waals surface area contributed by atoms with E-state index in [-0.39, 0.29) is 11.7 Å². The van der Waals surface area contributed by atoms with Gasteiger partial charge in [0.2, 0.25) is 0 Å². The molecule has 5 nitrogen and oxygen atoms in total. The molecule has 1 fully saturated rings. The molecule has 198 valence electrons. The zero-order chi connectivity index (χ0) is 26.7. The molecule has 0 spiro atoms. The van der Waals surface area contributed by atoms with Crippen molar-refractivity contribution in [1.82, 2.24) is 0 Å². The first-order chi connectivity index (χ1) is 18.5. The number of benzene rings is 3. The highest BCUT2D eigenvalue weighted by atomic mass is 19.1. The molecule has 2 unspecified atom stereocenters. The van der Waals surface area contributed by atoms with Gasteiger partial charge in [0.05, 0.1) is 27.4 Å². The topological polar surface area (TPSA) is 40.2 Å². The average molecular weight is 516 g/mol. The van der Waals surface area contributed by atoms with Gasteiger partial charge < -0.3 is 23.8 Å². The van der Waals surface area contributed by atoms with Crippen LogP contribution in [0.2, 0.25) is 0 Å². The summed E-state index contributed by atoms with van der Waals surface area (Å²) in [6.45, 7) is 6.73. The minimum absolute atomic E-state index is 0.197. The highest BCUT2D eigenvalue weighted by molar-refractivity contribution is 6.02. The Bertz CT molecular complexity index is 1390. The van der Waals surface area contributed by atoms with Crippen LogP contribution in [0.5, 0.6) is 11.5 Å². The zero-order valence-electron chi connectivity index (χ0n) is 22.4. The Morgan fingerprint density at radius 1 is 1.05 bits per heavy atom. The van der Waals surface area contributed by atoms with Crippen molar-refractivity contribution in [3.05, 3.63) is 95.5 Å². The smallest absolute Gasteiger partial charge is 0.161 e. The number of halogens is 1. The summed E-state index contributed by atoms with van der Waals surface area (Å²) >= 11 is 0. The molecule has 0 saturated carbocycles. The highest BCUT2D eigenvalue weighted by Crippen LogP contribution is 2.47. The normalized spacial score (nSPS) is 20.6. The molecule has 0 aromatic heterocycles. The molecule has 2 aliphatic heterocycles. The second-order valence-corrected chi connectivity index (χ2v) is 9.57. The highest BCUT2D eigenvalue weighted by Gasteiger charge is 2.41. The van der Waals surface area contributed by atoms with Gasteiger partial charge in [-0.05, 0) is 42.7 Å². The van der Waals surface area contributed by atoms with Crippen molar-refractivity contribution < 1.29 is 23.3 Å². The van der Waals surface area contributed by atoms with E-state index in [1.54, 1.807) is 26.2 Å². The fraction of sp³-hybridized carbons (Fsp3) is 0.312. The van der Waals surface area contributed by atoms with E-state index < -0.39 is 11.4 Å². The quantitative estimate of drug-likeness (QED) is 0.250. The lowest BCUT2D eigenvalue weighted by atomic mass is 9.79. The maximum atomic E-state index is 15.2. The van der Waals surface area contributed by atoms with Crippen LogP contribution in [0.25, 0.3) is 16.8 Å². The molecule has 2 aliphatic rings. The molecule has 38 heavy (non-hydrogen) atoms. The van der Waals surface area contributed by atoms with E-state index in [2.05, 4.69) is 47.4 Å². The number of allylic oxidation sites excluding steroid dienone is 2. The van der Waals surface area contributed by atoms with Crippen molar-refractivity contribution in [2.75, 3.05) is 45.4 Å². The Hall–Kier alpha value is -3.77. The molecule has 0 bridgehead atoms. The van der Waals surface area contributed by atoms with Gasteiger partial charge in [0.15, 0.2) is 11.4 Å². The van der Waals surface area contributed by atoms with E-state index in [1.165, 1.54) is 12.5 Å². The first-order valence-electron chi connectivity index (χ1n) is 13.0. The van der Waals surface area contributed by atoms with Crippen LogP contribution >= 0.6 is 0 Å². The van der Waals surface area contributed by atoms with Crippen molar-refractivity contribution in [2.45, 2.75) is 19.4 Å². The van der Waals surface area contributed by atoms with Crippen molar-refractivity contribution in [1.29, 1.82) is 0 Å². The number of rotatable bonds is 7. The number of ether oxygens (including phenoxy) is 4. The predicted octanol–water partition coefficient (Wildman–Crippen LogP) is 7.03. The number of fused-ring (bicyclic) bond motifs is 3. The van der Waals surface area contributed by atoms with Crippen LogP contribution in [0.15, 0.2) is 84.4 Å². The van der Waals surface area contributed by atoms with Gasteiger partial charge in [-0.25, -0.2) is 4.39 Å². The zero-order valence-corrected chi connectivity index (χ0v) is 22.4. The summed E-state index contributed by atoms with van der Waals surface area (Å²) in [6, 6.07) is 18.3. The monoisotopic (exact) mass is 515 g/mol. The molecule has 3 aromatic carbocycles. The standard InChI is InChI=1S/C32H34FNO4/c1-5-30(36-4)28(33)20-22(2)32(23-10-12-24(35-3)13-11-23)15-14-27-25-8-6-7-9-26(25)29(21-31(27)38-32)34-16-18-37-19-17-34/h5-15,20-22H,16-19H2,1-4H3/b28-20+,30-5+. The maximum absolute atomic E-state index is 15.2. The Labute approximate surface area is 223 Å². The van der Waals surface area contributed by atoms with Crippen LogP contribution in [-0.4, -0.2) is 40.5 Å². The molecular weight excluding hydrogens is 481 g/mol. The molecule has 2 atom stereocenters. The van der Waals surface area contributed by atoms with Crippen molar-refractivity contribution in [2.24, 2.45) is 5.92 Å². The fourth-order valence-electron chi connectivity index (χ4n) is 5.39. The van der Waals surface area contributed by atoms with Gasteiger partial charge in [0.1, 0.15) is 17.3 Å². The summed E-state index contributed by atoms with van der Waals surface area (Å²) < 4.78 is 38.4. The second-order valence-electron chi connectivity index (χ2n) is 9.57. The van der Waals surface area contributed by atoms with Crippen LogP contribution < -0.4 is 14.4 Å². The van der Waals surface area contributed by atoms with Crippen LogP contribution in [0.4, 0.5) is 10.1 Å². The van der Waals surface area contributed by atoms with Crippen LogP contribution in [0, 0.1) is 5.92 Å². The Morgan fingerprint density at radius 3 is 2.42 bits per heavy atom. The molecule has 3 aromatic rings. The van der Waals surface area contributed by atoms with Gasteiger partial charge in [0, 0.05) is 47.3 Å². The van der Waals surface area contributed by atoms with Gasteiger partial charge in [-0.3, -0.25) is 0 Å². The van der Waals surface area contributed by atoms with Gasteiger partial charge in [-0.15, -0.1) is 0 Å². The second kappa shape index (κ2) is 10.9. The lowest BCUT2D eigenvalue weighted by Gasteiger charge is -2.40. The third-order valence-electron chi connectivity index (χ3n) is 7.49. The molecule has 1 saturated heterocycles. The van der Waals surface area contributed by atoms with E-state index in [0.29, 0.717) is 13.2 Å². The summed E-state index contributed by atoms with van der Waals surface area (Å²) in [5.74, 6) is 0.911. The first-order valence-corrected chi connectivity index (χ1v) is 13.0. The first kappa shape index (κ1) is 25.9. The van der Waals surface area contributed by atoms with Gasteiger partial charge in [-0.2, -0.15) is 0 Å². The summed E-state index contributed by atoms with van der Waals surface area (Å²) in [4.78, 5) is 2.35. The number of nitrogens with zero attached hydrogens (tertiary/aromatic N) is 1. The third kappa shape index (κ3) is 4.65. The van der Waals surface area contributed by atoms with E-state index in [4.69, 9.17) is 18.9 Å². The SMILES string of the molecule is C/C=C(OC)\C(F)=C/C(C)C1(c2ccc(OC)cc2)C=Cc2c(cc(N3CCOCC3)c3ccccc23)O1. The van der Waals surface area contributed by atoms with E-state index >= 15 is 4.39 Å². The van der Waals surface area contributed by atoms with Gasteiger partial charge in [-0.1, -0.05) is 49.4 Å². The van der Waals surface area contributed by atoms with E-state index in [1.807, 2.05) is 31.2 Å². The minimum atomic E-state index is -0.950. The molecule has 0 radical (unpaired) electrons. The maximum Gasteiger partial charge on any atom is 0.161 e. The summed E-state index contributed by atoms with van der Waals surface area (Å²) in [5, 5.41) is 2.30. The summed E-state index contributed by atoms with van der Waals surface area (Å²) in [7, 11) is 3.11. The lowest BCUT2D eigenvalue weighted by Crippen LogP contribution is -2.39. The van der Waals surface area contributed by atoms with E-state index in [9.17, 15) is 0 Å². The Kier molecular flexibility index (Phi) is 7.43. The number of anilines is 1. The number of methoxy groups -OCH3 is 2. The molecule has 6 heteroatoms. The molecule has 5 rings (SSSR count). The molecule has 0 aliphatic carbocycles. The van der Waals surface area contributed by atoms with Crippen molar-refractivity contribution >= 4 is 22.5 Å². The van der Waals surface area contributed by atoms with Crippen molar-refractivity contribution in [3.63, 3.8) is 0 Å². The molecule has 0 amide bonds. The fourth-order valence-corrected chi connectivity index (χ4v) is 5.39. The Balaban J connectivity index is 1.67. The minimum Gasteiger partial charge on any atom is -0.497 e. The number of hydrogen-bond donors (Lipinski definition) is 0. The molecule has 2 heterocycles. The van der Waals surface area contributed by atoms with Crippen molar-refractivity contribution in [3.8, 4) is 11.5 Å².